The summed E-state index contributed by atoms with van der Waals surface area (Å²) in [5.74, 6) is -0.500. The standard InChI is InChI=1S/C10H11ClFNO2S/c11-4-6-16(14,15)13-5-3-8-1-2-9(12)7-10(8)13/h1-2,7H,3-6H2. The van der Waals surface area contributed by atoms with Crippen molar-refractivity contribution in [1.82, 2.24) is 0 Å². The van der Waals surface area contributed by atoms with Gasteiger partial charge in [-0.1, -0.05) is 6.07 Å². The average Bonchev–Trinajstić information content (AvgIpc) is 2.60. The van der Waals surface area contributed by atoms with Crippen LogP contribution < -0.4 is 4.31 Å². The van der Waals surface area contributed by atoms with Crippen LogP contribution in [0.3, 0.4) is 0 Å². The van der Waals surface area contributed by atoms with Crippen molar-refractivity contribution in [2.24, 2.45) is 0 Å². The van der Waals surface area contributed by atoms with Crippen molar-refractivity contribution in [3.8, 4) is 0 Å². The van der Waals surface area contributed by atoms with E-state index in [-0.39, 0.29) is 11.6 Å². The largest absolute Gasteiger partial charge is 0.269 e. The Balaban J connectivity index is 2.40. The predicted molar refractivity (Wildman–Crippen MR) is 62.0 cm³/mol. The second-order valence-corrected chi connectivity index (χ2v) is 5.99. The fourth-order valence-electron chi connectivity index (χ4n) is 1.82. The molecule has 0 saturated heterocycles. The molecule has 1 aromatic rings. The van der Waals surface area contributed by atoms with E-state index in [1.165, 1.54) is 16.4 Å². The lowest BCUT2D eigenvalue weighted by atomic mass is 10.2. The van der Waals surface area contributed by atoms with E-state index in [4.69, 9.17) is 11.6 Å². The Bertz CT molecular complexity index is 504. The number of nitrogens with zero attached hydrogens (tertiary/aromatic N) is 1. The summed E-state index contributed by atoms with van der Waals surface area (Å²) in [6, 6.07) is 4.23. The molecule has 2 rings (SSSR count). The van der Waals surface area contributed by atoms with E-state index in [0.717, 1.165) is 5.56 Å². The van der Waals surface area contributed by atoms with E-state index >= 15 is 0 Å². The zero-order valence-electron chi connectivity index (χ0n) is 8.49. The van der Waals surface area contributed by atoms with E-state index in [1.807, 2.05) is 0 Å². The minimum Gasteiger partial charge on any atom is -0.269 e. The number of alkyl halides is 1. The van der Waals surface area contributed by atoms with E-state index in [9.17, 15) is 12.8 Å². The molecule has 88 valence electrons. The molecule has 0 fully saturated rings. The Morgan fingerprint density at radius 2 is 2.19 bits per heavy atom. The third-order valence-electron chi connectivity index (χ3n) is 2.57. The smallest absolute Gasteiger partial charge is 0.236 e. The van der Waals surface area contributed by atoms with Crippen LogP contribution >= 0.6 is 11.6 Å². The van der Waals surface area contributed by atoms with Crippen LogP contribution in [0.2, 0.25) is 0 Å². The topological polar surface area (TPSA) is 37.4 Å². The molecular formula is C10H11ClFNO2S. The lowest BCUT2D eigenvalue weighted by Crippen LogP contribution is -2.31. The first-order chi connectivity index (χ1) is 7.54. The molecule has 1 aliphatic heterocycles. The first-order valence-electron chi connectivity index (χ1n) is 4.89. The predicted octanol–water partition coefficient (Wildman–Crippen LogP) is 1.76. The van der Waals surface area contributed by atoms with Gasteiger partial charge in [0.15, 0.2) is 0 Å². The van der Waals surface area contributed by atoms with Gasteiger partial charge < -0.3 is 0 Å². The van der Waals surface area contributed by atoms with Crippen molar-refractivity contribution in [1.29, 1.82) is 0 Å². The van der Waals surface area contributed by atoms with Gasteiger partial charge in [0.25, 0.3) is 0 Å². The number of sulfonamides is 1. The normalized spacial score (nSPS) is 15.2. The molecule has 1 heterocycles. The number of rotatable bonds is 3. The zero-order valence-corrected chi connectivity index (χ0v) is 10.1. The third kappa shape index (κ3) is 2.01. The van der Waals surface area contributed by atoms with E-state index < -0.39 is 15.8 Å². The van der Waals surface area contributed by atoms with Crippen LogP contribution in [0.25, 0.3) is 0 Å². The summed E-state index contributed by atoms with van der Waals surface area (Å²) in [4.78, 5) is 0. The molecule has 0 unspecified atom stereocenters. The Morgan fingerprint density at radius 1 is 1.44 bits per heavy atom. The molecule has 0 radical (unpaired) electrons. The van der Waals surface area contributed by atoms with Gasteiger partial charge in [-0.2, -0.15) is 0 Å². The average molecular weight is 264 g/mol. The van der Waals surface area contributed by atoms with Crippen LogP contribution in [0.1, 0.15) is 5.56 Å². The summed E-state index contributed by atoms with van der Waals surface area (Å²) in [5, 5.41) is 0. The van der Waals surface area contributed by atoms with Crippen LogP contribution in [0.5, 0.6) is 0 Å². The maximum absolute atomic E-state index is 13.1. The minimum atomic E-state index is -3.41. The third-order valence-corrected chi connectivity index (χ3v) is 4.76. The molecule has 3 nitrogen and oxygen atoms in total. The number of halogens is 2. The van der Waals surface area contributed by atoms with E-state index in [0.29, 0.717) is 18.7 Å². The van der Waals surface area contributed by atoms with E-state index in [1.54, 1.807) is 6.07 Å². The lowest BCUT2D eigenvalue weighted by molar-refractivity contribution is 0.593. The van der Waals surface area contributed by atoms with E-state index in [2.05, 4.69) is 0 Å². The van der Waals surface area contributed by atoms with Gasteiger partial charge in [-0.3, -0.25) is 4.31 Å². The van der Waals surface area contributed by atoms with Gasteiger partial charge in [-0.05, 0) is 24.1 Å². The van der Waals surface area contributed by atoms with Crippen LogP contribution in [0.15, 0.2) is 18.2 Å². The molecule has 0 bridgehead atoms. The molecule has 0 amide bonds. The summed E-state index contributed by atoms with van der Waals surface area (Å²) < 4.78 is 38.0. The number of hydrogen-bond acceptors (Lipinski definition) is 2. The Labute approximate surface area is 98.9 Å². The van der Waals surface area contributed by atoms with Crippen molar-refractivity contribution < 1.29 is 12.8 Å². The molecule has 0 atom stereocenters. The van der Waals surface area contributed by atoms with Gasteiger partial charge in [-0.25, -0.2) is 12.8 Å². The highest BCUT2D eigenvalue weighted by molar-refractivity contribution is 7.92. The second kappa shape index (κ2) is 4.22. The Morgan fingerprint density at radius 3 is 2.88 bits per heavy atom. The van der Waals surface area contributed by atoms with Gasteiger partial charge in [0.1, 0.15) is 5.82 Å². The van der Waals surface area contributed by atoms with Gasteiger partial charge in [0.2, 0.25) is 10.0 Å². The molecule has 1 aliphatic rings. The van der Waals surface area contributed by atoms with Crippen LogP contribution in [0, 0.1) is 5.82 Å². The first-order valence-corrected chi connectivity index (χ1v) is 7.04. The van der Waals surface area contributed by atoms with Crippen molar-refractivity contribution in [2.45, 2.75) is 6.42 Å². The summed E-state index contributed by atoms with van der Waals surface area (Å²) in [6.07, 6.45) is 0.622. The van der Waals surface area contributed by atoms with Crippen molar-refractivity contribution >= 4 is 27.3 Å². The van der Waals surface area contributed by atoms with Crippen molar-refractivity contribution in [2.75, 3.05) is 22.5 Å². The van der Waals surface area contributed by atoms with Gasteiger partial charge in [0.05, 0.1) is 11.4 Å². The minimum absolute atomic E-state index is 0.0451. The summed E-state index contributed by atoms with van der Waals surface area (Å²) >= 11 is 5.44. The van der Waals surface area contributed by atoms with Crippen molar-refractivity contribution in [3.05, 3.63) is 29.6 Å². The fourth-order valence-corrected chi connectivity index (χ4v) is 3.66. The lowest BCUT2D eigenvalue weighted by Gasteiger charge is -2.18. The highest BCUT2D eigenvalue weighted by atomic mass is 35.5. The van der Waals surface area contributed by atoms with Gasteiger partial charge >= 0.3 is 0 Å². The zero-order chi connectivity index (χ0) is 11.8. The quantitative estimate of drug-likeness (QED) is 0.780. The highest BCUT2D eigenvalue weighted by Gasteiger charge is 2.28. The summed E-state index contributed by atoms with van der Waals surface area (Å²) in [5.41, 5.74) is 1.31. The Hall–Kier alpha value is -0.810. The molecular weight excluding hydrogens is 253 g/mol. The number of hydrogen-bond donors (Lipinski definition) is 0. The molecule has 0 N–H and O–H groups in total. The SMILES string of the molecule is O=S(=O)(CCCl)N1CCc2ccc(F)cc21. The monoisotopic (exact) mass is 263 g/mol. The molecule has 0 spiro atoms. The second-order valence-electron chi connectivity index (χ2n) is 3.60. The molecule has 6 heteroatoms. The van der Waals surface area contributed by atoms with Gasteiger partial charge in [-0.15, -0.1) is 11.6 Å². The molecule has 16 heavy (non-hydrogen) atoms. The maximum Gasteiger partial charge on any atom is 0.236 e. The first kappa shape index (κ1) is 11.7. The van der Waals surface area contributed by atoms with Crippen LogP contribution in [0.4, 0.5) is 10.1 Å². The molecule has 0 aromatic heterocycles. The Kier molecular flexibility index (Phi) is 3.08. The van der Waals surface area contributed by atoms with Crippen LogP contribution in [-0.2, 0) is 16.4 Å². The van der Waals surface area contributed by atoms with Crippen LogP contribution in [-0.4, -0.2) is 26.6 Å². The number of benzene rings is 1. The fraction of sp³-hybridized carbons (Fsp3) is 0.400. The number of anilines is 1. The molecule has 0 aliphatic carbocycles. The molecule has 0 saturated carbocycles. The summed E-state index contributed by atoms with van der Waals surface area (Å²) in [7, 11) is -3.41. The molecule has 1 aromatic carbocycles. The van der Waals surface area contributed by atoms with Crippen molar-refractivity contribution in [3.63, 3.8) is 0 Å². The highest BCUT2D eigenvalue weighted by Crippen LogP contribution is 2.31. The summed E-state index contributed by atoms with van der Waals surface area (Å²) in [6.45, 7) is 0.373. The number of fused-ring (bicyclic) bond motifs is 1. The van der Waals surface area contributed by atoms with Gasteiger partial charge in [0, 0.05) is 12.4 Å². The maximum atomic E-state index is 13.1.